The Hall–Kier alpha value is -3.26. The average Bonchev–Trinajstić information content (AvgIpc) is 2.76. The summed E-state index contributed by atoms with van der Waals surface area (Å²) in [6.45, 7) is 8.00. The van der Waals surface area contributed by atoms with Gasteiger partial charge in [0.1, 0.15) is 11.4 Å². The second-order valence-corrected chi connectivity index (χ2v) is 8.75. The molecule has 0 bridgehead atoms. The molecule has 1 fully saturated rings. The largest absolute Gasteiger partial charge is 0.457 e. The molecule has 1 heterocycles. The Labute approximate surface area is 192 Å². The highest BCUT2D eigenvalue weighted by Crippen LogP contribution is 2.29. The van der Waals surface area contributed by atoms with Gasteiger partial charge in [0, 0.05) is 25.6 Å². The average molecular weight is 457 g/mol. The molecule has 0 spiro atoms. The Morgan fingerprint density at radius 2 is 1.70 bits per heavy atom. The molecule has 176 valence electrons. The van der Waals surface area contributed by atoms with Crippen LogP contribution in [0.2, 0.25) is 0 Å². The number of hydrogen-bond donors (Lipinski definition) is 0. The van der Waals surface area contributed by atoms with Crippen LogP contribution in [0.3, 0.4) is 0 Å². The number of carbonyl (C=O) groups excluding carboxylic acids is 3. The molecule has 1 unspecified atom stereocenters. The summed E-state index contributed by atoms with van der Waals surface area (Å²) in [4.78, 5) is 38.7. The number of halogens is 1. The Morgan fingerprint density at radius 3 is 2.33 bits per heavy atom. The van der Waals surface area contributed by atoms with Crippen molar-refractivity contribution in [1.29, 1.82) is 0 Å². The van der Waals surface area contributed by atoms with Crippen LogP contribution in [0.4, 0.5) is 4.39 Å². The molecule has 33 heavy (non-hydrogen) atoms. The van der Waals surface area contributed by atoms with Crippen LogP contribution in [0.5, 0.6) is 0 Å². The van der Waals surface area contributed by atoms with Crippen molar-refractivity contribution in [1.82, 2.24) is 4.90 Å². The highest BCUT2D eigenvalue weighted by Gasteiger charge is 2.30. The Kier molecular flexibility index (Phi) is 7.48. The van der Waals surface area contributed by atoms with Crippen LogP contribution in [0.15, 0.2) is 42.5 Å². The number of rotatable bonds is 5. The highest BCUT2D eigenvalue weighted by molar-refractivity contribution is 5.96. The topological polar surface area (TPSA) is 82.1 Å². The minimum atomic E-state index is -1.25. The molecule has 1 atom stereocenters. The fraction of sp³-hybridized carbons (Fsp3) is 0.400. The minimum Gasteiger partial charge on any atom is -0.457 e. The number of amides is 1. The SMILES string of the molecule is CC(=O)OC(C(=O)OC(C)(C)C)c1cccc(-c2ccc(F)c(C(=O)N3CCOCC3)c2)c1. The molecule has 0 N–H and O–H groups in total. The van der Waals surface area contributed by atoms with Crippen molar-refractivity contribution in [2.75, 3.05) is 26.3 Å². The van der Waals surface area contributed by atoms with Gasteiger partial charge in [0.15, 0.2) is 0 Å². The molecule has 1 amide bonds. The first kappa shape index (κ1) is 24.4. The van der Waals surface area contributed by atoms with E-state index in [0.717, 1.165) is 0 Å². The van der Waals surface area contributed by atoms with Gasteiger partial charge >= 0.3 is 11.9 Å². The maximum absolute atomic E-state index is 14.5. The van der Waals surface area contributed by atoms with E-state index in [-0.39, 0.29) is 5.56 Å². The first-order valence-corrected chi connectivity index (χ1v) is 10.7. The zero-order valence-corrected chi connectivity index (χ0v) is 19.2. The maximum atomic E-state index is 14.5. The summed E-state index contributed by atoms with van der Waals surface area (Å²) in [5.74, 6) is -2.34. The molecule has 1 aliphatic rings. The number of hydrogen-bond acceptors (Lipinski definition) is 6. The third kappa shape index (κ3) is 6.38. The lowest BCUT2D eigenvalue weighted by atomic mass is 9.98. The smallest absolute Gasteiger partial charge is 0.352 e. The van der Waals surface area contributed by atoms with Crippen LogP contribution in [0, 0.1) is 5.82 Å². The van der Waals surface area contributed by atoms with Crippen LogP contribution >= 0.6 is 0 Å². The van der Waals surface area contributed by atoms with Crippen molar-refractivity contribution in [2.45, 2.75) is 39.4 Å². The highest BCUT2D eigenvalue weighted by atomic mass is 19.1. The van der Waals surface area contributed by atoms with Crippen molar-refractivity contribution in [3.05, 3.63) is 59.4 Å². The molecular formula is C25H28FNO6. The summed E-state index contributed by atoms with van der Waals surface area (Å²) in [5, 5.41) is 0. The first-order chi connectivity index (χ1) is 15.5. The Morgan fingerprint density at radius 1 is 1.03 bits per heavy atom. The van der Waals surface area contributed by atoms with E-state index >= 15 is 0 Å². The van der Waals surface area contributed by atoms with Crippen LogP contribution in [-0.2, 0) is 23.8 Å². The lowest BCUT2D eigenvalue weighted by Crippen LogP contribution is -2.41. The third-order valence-corrected chi connectivity index (χ3v) is 4.92. The summed E-state index contributed by atoms with van der Waals surface area (Å²) in [5.41, 5.74) is 0.814. The molecule has 2 aromatic rings. The van der Waals surface area contributed by atoms with Crippen molar-refractivity contribution in [3.63, 3.8) is 0 Å². The number of esters is 2. The summed E-state index contributed by atoms with van der Waals surface area (Å²) in [6, 6.07) is 11.0. The van der Waals surface area contributed by atoms with Crippen LogP contribution in [-0.4, -0.2) is 54.7 Å². The minimum absolute atomic E-state index is 0.0384. The molecule has 3 rings (SSSR count). The Bertz CT molecular complexity index is 1040. The van der Waals surface area contributed by atoms with E-state index in [1.54, 1.807) is 56.0 Å². The Balaban J connectivity index is 1.94. The molecule has 1 saturated heterocycles. The summed E-state index contributed by atoms with van der Waals surface area (Å²) >= 11 is 0. The third-order valence-electron chi connectivity index (χ3n) is 4.92. The van der Waals surface area contributed by atoms with E-state index in [9.17, 15) is 18.8 Å². The predicted octanol–water partition coefficient (Wildman–Crippen LogP) is 3.91. The summed E-state index contributed by atoms with van der Waals surface area (Å²) in [6.07, 6.45) is -1.25. The first-order valence-electron chi connectivity index (χ1n) is 10.7. The predicted molar refractivity (Wildman–Crippen MR) is 119 cm³/mol. The second kappa shape index (κ2) is 10.1. The quantitative estimate of drug-likeness (QED) is 0.633. The number of morpholine rings is 1. The van der Waals surface area contributed by atoms with E-state index in [0.29, 0.717) is 43.0 Å². The maximum Gasteiger partial charge on any atom is 0.352 e. The molecule has 0 radical (unpaired) electrons. The summed E-state index contributed by atoms with van der Waals surface area (Å²) in [7, 11) is 0. The van der Waals surface area contributed by atoms with Crippen molar-refractivity contribution in [3.8, 4) is 11.1 Å². The number of carbonyl (C=O) groups is 3. The lowest BCUT2D eigenvalue weighted by molar-refractivity contribution is -0.175. The lowest BCUT2D eigenvalue weighted by Gasteiger charge is -2.27. The van der Waals surface area contributed by atoms with Crippen molar-refractivity contribution >= 4 is 17.8 Å². The van der Waals surface area contributed by atoms with Gasteiger partial charge in [-0.3, -0.25) is 9.59 Å². The molecule has 7 nitrogen and oxygen atoms in total. The molecule has 0 aromatic heterocycles. The monoisotopic (exact) mass is 457 g/mol. The van der Waals surface area contributed by atoms with Gasteiger partial charge in [-0.1, -0.05) is 24.3 Å². The number of benzene rings is 2. The second-order valence-electron chi connectivity index (χ2n) is 8.75. The van der Waals surface area contributed by atoms with Crippen molar-refractivity contribution < 1.29 is 33.0 Å². The molecule has 2 aromatic carbocycles. The normalized spacial score (nSPS) is 15.0. The van der Waals surface area contributed by atoms with E-state index in [2.05, 4.69) is 0 Å². The number of nitrogens with zero attached hydrogens (tertiary/aromatic N) is 1. The van der Waals surface area contributed by atoms with Gasteiger partial charge in [-0.05, 0) is 50.1 Å². The summed E-state index contributed by atoms with van der Waals surface area (Å²) < 4.78 is 30.4. The van der Waals surface area contributed by atoms with Gasteiger partial charge in [-0.15, -0.1) is 0 Å². The zero-order valence-electron chi connectivity index (χ0n) is 19.2. The zero-order chi connectivity index (χ0) is 24.2. The van der Waals surface area contributed by atoms with Gasteiger partial charge in [-0.2, -0.15) is 0 Å². The van der Waals surface area contributed by atoms with Gasteiger partial charge < -0.3 is 19.1 Å². The fourth-order valence-electron chi connectivity index (χ4n) is 3.46. The van der Waals surface area contributed by atoms with Gasteiger partial charge in [0.2, 0.25) is 6.10 Å². The molecule has 0 saturated carbocycles. The van der Waals surface area contributed by atoms with Gasteiger partial charge in [0.05, 0.1) is 18.8 Å². The fourth-order valence-corrected chi connectivity index (χ4v) is 3.46. The standard InChI is InChI=1S/C25H28FNO6/c1-16(28)32-22(24(30)33-25(2,3)4)19-7-5-6-17(14-19)18-8-9-21(26)20(15-18)23(29)27-10-12-31-13-11-27/h5-9,14-15,22H,10-13H2,1-4H3. The van der Waals surface area contributed by atoms with E-state index < -0.39 is 35.4 Å². The van der Waals surface area contributed by atoms with Crippen molar-refractivity contribution in [2.24, 2.45) is 0 Å². The number of ether oxygens (including phenoxy) is 3. The molecule has 1 aliphatic heterocycles. The van der Waals surface area contributed by atoms with Crippen LogP contribution in [0.25, 0.3) is 11.1 Å². The van der Waals surface area contributed by atoms with Gasteiger partial charge in [0.25, 0.3) is 5.91 Å². The molecule has 0 aliphatic carbocycles. The van der Waals surface area contributed by atoms with Crippen LogP contribution < -0.4 is 0 Å². The van der Waals surface area contributed by atoms with Gasteiger partial charge in [-0.25, -0.2) is 9.18 Å². The van der Waals surface area contributed by atoms with E-state index in [1.807, 2.05) is 0 Å². The molecule has 8 heteroatoms. The molecular weight excluding hydrogens is 429 g/mol. The van der Waals surface area contributed by atoms with Crippen LogP contribution in [0.1, 0.15) is 49.7 Å². The van der Waals surface area contributed by atoms with E-state index in [1.165, 1.54) is 19.1 Å². The van der Waals surface area contributed by atoms with E-state index in [4.69, 9.17) is 14.2 Å².